The Morgan fingerprint density at radius 1 is 1.12 bits per heavy atom. The average Bonchev–Trinajstić information content (AvgIpc) is 2.56. The van der Waals surface area contributed by atoms with Crippen molar-refractivity contribution in [3.8, 4) is 11.5 Å². The Balaban J connectivity index is 0.00000625. The minimum Gasteiger partial charge on any atom is -0.493 e. The first-order valence-corrected chi connectivity index (χ1v) is 8.92. The molecule has 0 aliphatic heterocycles. The first kappa shape index (κ1) is 24.8. The van der Waals surface area contributed by atoms with E-state index in [1.54, 1.807) is 7.11 Å². The normalized spacial score (nSPS) is 12.8. The van der Waals surface area contributed by atoms with Crippen LogP contribution >= 0.6 is 24.0 Å². The Morgan fingerprint density at radius 2 is 1.77 bits per heavy atom. The van der Waals surface area contributed by atoms with Gasteiger partial charge in [0.25, 0.3) is 0 Å². The zero-order valence-electron chi connectivity index (χ0n) is 16.9. The maximum Gasteiger partial charge on any atom is 0.191 e. The number of guanidine groups is 1. The van der Waals surface area contributed by atoms with Crippen molar-refractivity contribution in [3.63, 3.8) is 0 Å². The van der Waals surface area contributed by atoms with Crippen LogP contribution in [0.1, 0.15) is 34.6 Å². The molecule has 26 heavy (non-hydrogen) atoms. The van der Waals surface area contributed by atoms with Crippen LogP contribution in [0.25, 0.3) is 0 Å². The first-order valence-electron chi connectivity index (χ1n) is 8.92. The molecule has 0 saturated carbocycles. The highest BCUT2D eigenvalue weighted by Gasteiger charge is 2.09. The Morgan fingerprint density at radius 3 is 2.35 bits per heavy atom. The van der Waals surface area contributed by atoms with Crippen LogP contribution in [0.2, 0.25) is 0 Å². The zero-order chi connectivity index (χ0) is 18.7. The van der Waals surface area contributed by atoms with Crippen molar-refractivity contribution in [2.24, 2.45) is 4.99 Å². The monoisotopic (exact) mass is 478 g/mol. The quantitative estimate of drug-likeness (QED) is 0.221. The molecule has 1 aromatic carbocycles. The lowest BCUT2D eigenvalue weighted by Gasteiger charge is -2.21. The highest BCUT2D eigenvalue weighted by Crippen LogP contribution is 2.26. The largest absolute Gasteiger partial charge is 0.493 e. The molecule has 0 heterocycles. The summed E-state index contributed by atoms with van der Waals surface area (Å²) in [4.78, 5) is 4.60. The van der Waals surface area contributed by atoms with Gasteiger partial charge in [-0.1, -0.05) is 12.1 Å². The Hall–Kier alpha value is -1.22. The Bertz CT molecular complexity index is 533. The highest BCUT2D eigenvalue weighted by atomic mass is 127. The fourth-order valence-electron chi connectivity index (χ4n) is 2.15. The molecule has 0 bridgehead atoms. The van der Waals surface area contributed by atoms with Crippen molar-refractivity contribution in [2.75, 3.05) is 33.3 Å². The molecule has 0 spiro atoms. The van der Waals surface area contributed by atoms with Crippen molar-refractivity contribution < 1.29 is 9.47 Å². The first-order chi connectivity index (χ1) is 11.9. The standard InChI is InChI=1S/C19H34N4O2.HI/c1-7-20-18(21-12-13-23-19(3,4)5)22-14-15(2)25-17-11-9-8-10-16(17)24-6;/h8-11,15,23H,7,12-14H2,1-6H3,(H2,20,21,22);1H. The fourth-order valence-corrected chi connectivity index (χ4v) is 2.15. The van der Waals surface area contributed by atoms with Gasteiger partial charge in [0.05, 0.1) is 13.7 Å². The third-order valence-electron chi connectivity index (χ3n) is 3.32. The molecule has 1 unspecified atom stereocenters. The Kier molecular flexibility index (Phi) is 12.4. The van der Waals surface area contributed by atoms with E-state index in [2.05, 4.69) is 48.6 Å². The molecule has 6 nitrogen and oxygen atoms in total. The summed E-state index contributed by atoms with van der Waals surface area (Å²) in [6.07, 6.45) is -0.0561. The maximum atomic E-state index is 5.94. The summed E-state index contributed by atoms with van der Waals surface area (Å²) in [6, 6.07) is 7.65. The van der Waals surface area contributed by atoms with E-state index in [-0.39, 0.29) is 35.6 Å². The number of hydrogen-bond donors (Lipinski definition) is 3. The van der Waals surface area contributed by atoms with E-state index < -0.39 is 0 Å². The van der Waals surface area contributed by atoms with E-state index in [0.29, 0.717) is 6.54 Å². The van der Waals surface area contributed by atoms with Crippen molar-refractivity contribution in [3.05, 3.63) is 24.3 Å². The molecular formula is C19H35IN4O2. The number of nitrogens with one attached hydrogen (secondary N) is 3. The fraction of sp³-hybridized carbons (Fsp3) is 0.632. The number of nitrogens with zero attached hydrogens (tertiary/aromatic N) is 1. The smallest absolute Gasteiger partial charge is 0.191 e. The van der Waals surface area contributed by atoms with Crippen LogP contribution < -0.4 is 25.4 Å². The molecule has 1 atom stereocenters. The molecule has 1 aromatic rings. The van der Waals surface area contributed by atoms with Crippen LogP contribution in [0.5, 0.6) is 11.5 Å². The summed E-state index contributed by atoms with van der Waals surface area (Å²) in [5.41, 5.74) is 0.119. The van der Waals surface area contributed by atoms with E-state index >= 15 is 0 Å². The van der Waals surface area contributed by atoms with Crippen molar-refractivity contribution in [1.82, 2.24) is 16.0 Å². The van der Waals surface area contributed by atoms with Gasteiger partial charge < -0.3 is 25.4 Å². The third-order valence-corrected chi connectivity index (χ3v) is 3.32. The molecule has 0 saturated heterocycles. The van der Waals surface area contributed by atoms with Gasteiger partial charge in [0, 0.05) is 25.2 Å². The number of ether oxygens (including phenoxy) is 2. The van der Waals surface area contributed by atoms with Gasteiger partial charge in [-0.3, -0.25) is 0 Å². The molecule has 7 heteroatoms. The third kappa shape index (κ3) is 10.7. The van der Waals surface area contributed by atoms with E-state index in [4.69, 9.17) is 9.47 Å². The van der Waals surface area contributed by atoms with Gasteiger partial charge in [0.1, 0.15) is 6.10 Å². The second-order valence-corrected chi connectivity index (χ2v) is 6.90. The van der Waals surface area contributed by atoms with Gasteiger partial charge in [0.2, 0.25) is 0 Å². The molecule has 1 rings (SSSR count). The van der Waals surface area contributed by atoms with Crippen LogP contribution in [0.4, 0.5) is 0 Å². The average molecular weight is 478 g/mol. The van der Waals surface area contributed by atoms with E-state index in [9.17, 15) is 0 Å². The number of para-hydroxylation sites is 2. The number of halogens is 1. The number of rotatable bonds is 9. The molecule has 0 aromatic heterocycles. The number of aliphatic imine (C=N–C) groups is 1. The van der Waals surface area contributed by atoms with Gasteiger partial charge in [-0.25, -0.2) is 4.99 Å². The molecule has 0 radical (unpaired) electrons. The topological polar surface area (TPSA) is 66.9 Å². The van der Waals surface area contributed by atoms with E-state index in [0.717, 1.165) is 37.1 Å². The zero-order valence-corrected chi connectivity index (χ0v) is 19.2. The Labute approximate surface area is 175 Å². The lowest BCUT2D eigenvalue weighted by atomic mass is 10.1. The van der Waals surface area contributed by atoms with Gasteiger partial charge in [-0.05, 0) is 46.8 Å². The van der Waals surface area contributed by atoms with Gasteiger partial charge >= 0.3 is 0 Å². The molecule has 0 aliphatic carbocycles. The van der Waals surface area contributed by atoms with Gasteiger partial charge in [-0.15, -0.1) is 24.0 Å². The molecule has 0 amide bonds. The minimum absolute atomic E-state index is 0. The lowest BCUT2D eigenvalue weighted by Crippen LogP contribution is -2.44. The summed E-state index contributed by atoms with van der Waals surface area (Å²) < 4.78 is 11.2. The van der Waals surface area contributed by atoms with Gasteiger partial charge in [0.15, 0.2) is 17.5 Å². The summed E-state index contributed by atoms with van der Waals surface area (Å²) >= 11 is 0. The van der Waals surface area contributed by atoms with Crippen LogP contribution in [0.15, 0.2) is 29.3 Å². The van der Waals surface area contributed by atoms with Crippen LogP contribution in [-0.4, -0.2) is 50.9 Å². The van der Waals surface area contributed by atoms with Gasteiger partial charge in [-0.2, -0.15) is 0 Å². The predicted molar refractivity (Wildman–Crippen MR) is 120 cm³/mol. The molecule has 0 fully saturated rings. The van der Waals surface area contributed by atoms with E-state index in [1.165, 1.54) is 0 Å². The maximum absolute atomic E-state index is 5.94. The summed E-state index contributed by atoms with van der Waals surface area (Å²) in [7, 11) is 1.64. The molecule has 3 N–H and O–H groups in total. The SMILES string of the molecule is CCNC(=NCC(C)Oc1ccccc1OC)NCCNC(C)(C)C.I. The molecule has 150 valence electrons. The second-order valence-electron chi connectivity index (χ2n) is 6.90. The molecular weight excluding hydrogens is 443 g/mol. The van der Waals surface area contributed by atoms with Crippen LogP contribution in [-0.2, 0) is 0 Å². The van der Waals surface area contributed by atoms with Crippen molar-refractivity contribution in [1.29, 1.82) is 0 Å². The lowest BCUT2D eigenvalue weighted by molar-refractivity contribution is 0.219. The van der Waals surface area contributed by atoms with Crippen LogP contribution in [0, 0.1) is 0 Å². The molecule has 0 aliphatic rings. The number of hydrogen-bond acceptors (Lipinski definition) is 4. The number of benzene rings is 1. The van der Waals surface area contributed by atoms with Crippen molar-refractivity contribution in [2.45, 2.75) is 46.3 Å². The minimum atomic E-state index is -0.0561. The van der Waals surface area contributed by atoms with Crippen molar-refractivity contribution >= 4 is 29.9 Å². The predicted octanol–water partition coefficient (Wildman–Crippen LogP) is 3.02. The number of methoxy groups -OCH3 is 1. The summed E-state index contributed by atoms with van der Waals surface area (Å²) in [5, 5.41) is 10.0. The van der Waals surface area contributed by atoms with Crippen LogP contribution in [0.3, 0.4) is 0 Å². The van der Waals surface area contributed by atoms with E-state index in [1.807, 2.05) is 31.2 Å². The second kappa shape index (κ2) is 13.0. The summed E-state index contributed by atoms with van der Waals surface area (Å²) in [5.74, 6) is 2.27. The summed E-state index contributed by atoms with van der Waals surface area (Å²) in [6.45, 7) is 13.6. The highest BCUT2D eigenvalue weighted by molar-refractivity contribution is 14.0.